The number of piperidine rings is 1. The zero-order valence-electron chi connectivity index (χ0n) is 25.9. The van der Waals surface area contributed by atoms with E-state index in [9.17, 15) is 14.7 Å². The van der Waals surface area contributed by atoms with E-state index in [2.05, 4.69) is 46.4 Å². The first-order chi connectivity index (χ1) is 19.9. The first-order valence-corrected chi connectivity index (χ1v) is 15.0. The van der Waals surface area contributed by atoms with Gasteiger partial charge >= 0.3 is 0 Å². The summed E-state index contributed by atoms with van der Waals surface area (Å²) in [6.45, 7) is 17.3. The van der Waals surface area contributed by atoms with Crippen molar-refractivity contribution in [3.05, 3.63) is 36.6 Å². The quantitative estimate of drug-likeness (QED) is 0.218. The van der Waals surface area contributed by atoms with Crippen molar-refractivity contribution in [3.8, 4) is 0 Å². The summed E-state index contributed by atoms with van der Waals surface area (Å²) >= 11 is 0. The molecule has 2 saturated heterocycles. The van der Waals surface area contributed by atoms with Gasteiger partial charge < -0.3 is 35.1 Å². The van der Waals surface area contributed by atoms with Gasteiger partial charge in [0.1, 0.15) is 17.4 Å². The highest BCUT2D eigenvalue weighted by molar-refractivity contribution is 5.98. The third kappa shape index (κ3) is 9.78. The van der Waals surface area contributed by atoms with E-state index in [1.807, 2.05) is 37.8 Å². The number of carbonyl (C=O) groups is 2. The van der Waals surface area contributed by atoms with Crippen molar-refractivity contribution >= 4 is 23.9 Å². The Balaban J connectivity index is 1.63. The second-order valence-corrected chi connectivity index (χ2v) is 12.8. The Morgan fingerprint density at radius 3 is 2.64 bits per heavy atom. The highest BCUT2D eigenvalue weighted by atomic mass is 16.5. The van der Waals surface area contributed by atoms with Crippen LogP contribution in [0.25, 0.3) is 0 Å². The molecule has 2 aliphatic heterocycles. The summed E-state index contributed by atoms with van der Waals surface area (Å²) in [5.74, 6) is 1.92. The number of aliphatic hydroxyl groups excluding tert-OH is 1. The average molecular weight is 587 g/mol. The lowest BCUT2D eigenvalue weighted by molar-refractivity contribution is -0.141. The van der Waals surface area contributed by atoms with Crippen LogP contribution in [-0.2, 0) is 20.9 Å². The highest BCUT2D eigenvalue weighted by Gasteiger charge is 2.41. The standard InChI is InChI=1S/C31H50N6O5/c1-22(2)20-37(25-16-24(17-32-18-25)36-29(40)31(21-38)10-14-41-15-11-31)27(39)9-12-33-28(30(4,5)6)35-23(3)34-19-26-8-7-13-42-26/h7-8,12-13,22,24-25,32,34,38H,3,9-11,14-21H2,1-2,4-6H3,(H,36,40)/t24-,25+/m1/s1. The van der Waals surface area contributed by atoms with Gasteiger partial charge in [0, 0.05) is 56.6 Å². The number of furan rings is 1. The fourth-order valence-electron chi connectivity index (χ4n) is 5.16. The van der Waals surface area contributed by atoms with E-state index in [0.717, 1.165) is 5.76 Å². The summed E-state index contributed by atoms with van der Waals surface area (Å²) in [5, 5.41) is 19.7. The van der Waals surface area contributed by atoms with Gasteiger partial charge in [0.2, 0.25) is 11.8 Å². The van der Waals surface area contributed by atoms with Crippen LogP contribution in [-0.4, -0.2) is 85.4 Å². The Bertz CT molecular complexity index is 1090. The van der Waals surface area contributed by atoms with E-state index in [-0.39, 0.29) is 48.3 Å². The Morgan fingerprint density at radius 2 is 2.02 bits per heavy atom. The normalized spacial score (nSPS) is 21.4. The van der Waals surface area contributed by atoms with Crippen molar-refractivity contribution in [1.82, 2.24) is 20.9 Å². The summed E-state index contributed by atoms with van der Waals surface area (Å²) in [5.41, 5.74) is -1.16. The highest BCUT2D eigenvalue weighted by Crippen LogP contribution is 2.30. The minimum Gasteiger partial charge on any atom is -0.467 e. The van der Waals surface area contributed by atoms with Crippen molar-refractivity contribution < 1.29 is 23.8 Å². The molecule has 0 aliphatic carbocycles. The number of hydrogen-bond acceptors (Lipinski definition) is 8. The van der Waals surface area contributed by atoms with E-state index in [4.69, 9.17) is 9.15 Å². The molecule has 11 heteroatoms. The number of nitrogens with one attached hydrogen (secondary N) is 3. The summed E-state index contributed by atoms with van der Waals surface area (Å²) in [6, 6.07) is 3.48. The number of aliphatic imine (C=N–C) groups is 2. The van der Waals surface area contributed by atoms with E-state index in [0.29, 0.717) is 70.3 Å². The van der Waals surface area contributed by atoms with Crippen molar-refractivity contribution in [2.45, 2.75) is 78.9 Å². The maximum atomic E-state index is 13.5. The van der Waals surface area contributed by atoms with Gasteiger partial charge in [-0.25, -0.2) is 9.98 Å². The first-order valence-electron chi connectivity index (χ1n) is 15.0. The molecule has 0 bridgehead atoms. The molecule has 0 radical (unpaired) electrons. The van der Waals surface area contributed by atoms with E-state index >= 15 is 0 Å². The molecular formula is C31H50N6O5. The molecule has 42 heavy (non-hydrogen) atoms. The Hall–Kier alpha value is -3.02. The Kier molecular flexibility index (Phi) is 12.3. The number of rotatable bonds is 12. The van der Waals surface area contributed by atoms with Crippen molar-refractivity contribution in [2.24, 2.45) is 26.7 Å². The maximum Gasteiger partial charge on any atom is 0.228 e. The smallest absolute Gasteiger partial charge is 0.228 e. The molecule has 3 rings (SSSR count). The van der Waals surface area contributed by atoms with Crippen LogP contribution in [0.2, 0.25) is 0 Å². The van der Waals surface area contributed by atoms with Crippen LogP contribution in [0.1, 0.15) is 66.1 Å². The number of nitrogens with zero attached hydrogens (tertiary/aromatic N) is 3. The van der Waals surface area contributed by atoms with Crippen molar-refractivity contribution in [3.63, 3.8) is 0 Å². The Morgan fingerprint density at radius 1 is 1.29 bits per heavy atom. The number of hydrogen-bond donors (Lipinski definition) is 4. The van der Waals surface area contributed by atoms with E-state index in [1.54, 1.807) is 12.5 Å². The maximum absolute atomic E-state index is 13.5. The van der Waals surface area contributed by atoms with Crippen molar-refractivity contribution in [1.29, 1.82) is 0 Å². The van der Waals surface area contributed by atoms with Gasteiger partial charge in [-0.15, -0.1) is 0 Å². The van der Waals surface area contributed by atoms with Crippen LogP contribution in [0.4, 0.5) is 0 Å². The van der Waals surface area contributed by atoms with Gasteiger partial charge in [-0.1, -0.05) is 41.2 Å². The molecule has 3 heterocycles. The van der Waals surface area contributed by atoms with Crippen LogP contribution in [0.15, 0.2) is 45.2 Å². The summed E-state index contributed by atoms with van der Waals surface area (Å²) in [4.78, 5) is 37.8. The fourth-order valence-corrected chi connectivity index (χ4v) is 5.16. The van der Waals surface area contributed by atoms with Crippen molar-refractivity contribution in [2.75, 3.05) is 39.5 Å². The molecule has 2 aliphatic rings. The lowest BCUT2D eigenvalue weighted by Gasteiger charge is -2.41. The SMILES string of the molecule is C=C(N=C(N=CCC(=O)N(CC(C)C)[C@@H]1CNC[C@H](NC(=O)C2(CO)CCOCC2)C1)C(C)(C)C)NCc1ccco1. The number of carbonyl (C=O) groups excluding carboxylic acids is 2. The number of aliphatic hydroxyl groups is 1. The molecular weight excluding hydrogens is 536 g/mol. The molecule has 0 aromatic carbocycles. The third-order valence-corrected chi connectivity index (χ3v) is 7.66. The van der Waals surface area contributed by atoms with Gasteiger partial charge in [0.15, 0.2) is 0 Å². The zero-order valence-corrected chi connectivity index (χ0v) is 25.9. The summed E-state index contributed by atoms with van der Waals surface area (Å²) in [6.07, 6.45) is 5.03. The van der Waals surface area contributed by atoms with Crippen LogP contribution in [0, 0.1) is 16.7 Å². The predicted octanol–water partition coefficient (Wildman–Crippen LogP) is 2.87. The van der Waals surface area contributed by atoms with Gasteiger partial charge in [0.05, 0.1) is 31.3 Å². The predicted molar refractivity (Wildman–Crippen MR) is 164 cm³/mol. The van der Waals surface area contributed by atoms with Crippen LogP contribution in [0.3, 0.4) is 0 Å². The Labute approximate surface area is 250 Å². The number of amidine groups is 1. The summed E-state index contributed by atoms with van der Waals surface area (Å²) in [7, 11) is 0. The molecule has 2 amide bonds. The van der Waals surface area contributed by atoms with Crippen LogP contribution in [0.5, 0.6) is 0 Å². The minimum atomic E-state index is -0.805. The van der Waals surface area contributed by atoms with Gasteiger partial charge in [-0.05, 0) is 37.3 Å². The largest absolute Gasteiger partial charge is 0.467 e. The molecule has 2 atom stereocenters. The monoisotopic (exact) mass is 586 g/mol. The summed E-state index contributed by atoms with van der Waals surface area (Å²) < 4.78 is 10.8. The molecule has 11 nitrogen and oxygen atoms in total. The van der Waals surface area contributed by atoms with Crippen LogP contribution < -0.4 is 16.0 Å². The van der Waals surface area contributed by atoms with E-state index in [1.165, 1.54) is 0 Å². The molecule has 234 valence electrons. The molecule has 1 aromatic heterocycles. The van der Waals surface area contributed by atoms with Gasteiger partial charge in [0.25, 0.3) is 0 Å². The lowest BCUT2D eigenvalue weighted by atomic mass is 9.79. The van der Waals surface area contributed by atoms with Gasteiger partial charge in [-0.3, -0.25) is 9.59 Å². The topological polar surface area (TPSA) is 141 Å². The van der Waals surface area contributed by atoms with E-state index < -0.39 is 5.41 Å². The average Bonchev–Trinajstić information content (AvgIpc) is 3.48. The number of ether oxygens (including phenoxy) is 1. The fraction of sp³-hybridized carbons (Fsp3) is 0.677. The molecule has 0 saturated carbocycles. The lowest BCUT2D eigenvalue weighted by Crippen LogP contribution is -2.59. The molecule has 1 aromatic rings. The minimum absolute atomic E-state index is 0.0227. The zero-order chi connectivity index (χ0) is 30.8. The molecule has 0 spiro atoms. The molecule has 2 fully saturated rings. The third-order valence-electron chi connectivity index (χ3n) is 7.66. The van der Waals surface area contributed by atoms with Gasteiger partial charge in [-0.2, -0.15) is 0 Å². The van der Waals surface area contributed by atoms with Crippen LogP contribution >= 0.6 is 0 Å². The molecule has 4 N–H and O–H groups in total. The number of amides is 2. The second-order valence-electron chi connectivity index (χ2n) is 12.8. The molecule has 0 unspecified atom stereocenters. The second kappa shape index (κ2) is 15.5. The first kappa shape index (κ1) is 33.5.